The van der Waals surface area contributed by atoms with Gasteiger partial charge in [-0.15, -0.1) is 10.2 Å². The van der Waals surface area contributed by atoms with Crippen molar-refractivity contribution in [1.29, 1.82) is 0 Å². The molecule has 5 rings (SSSR count). The largest absolute Gasteiger partial charge is 0.437 e. The molecular weight excluding hydrogens is 400 g/mol. The lowest BCUT2D eigenvalue weighted by Gasteiger charge is -2.05. The van der Waals surface area contributed by atoms with Gasteiger partial charge in [-0.3, -0.25) is 4.79 Å². The van der Waals surface area contributed by atoms with Gasteiger partial charge < -0.3 is 4.42 Å². The predicted molar refractivity (Wildman–Crippen MR) is 128 cm³/mol. The van der Waals surface area contributed by atoms with Crippen molar-refractivity contribution >= 4 is 44.5 Å². The van der Waals surface area contributed by atoms with Crippen LogP contribution in [0.5, 0.6) is 0 Å². The Labute approximate surface area is 183 Å². The van der Waals surface area contributed by atoms with Gasteiger partial charge >= 0.3 is 0 Å². The summed E-state index contributed by atoms with van der Waals surface area (Å²) in [4.78, 5) is 18.2. The zero-order valence-corrected chi connectivity index (χ0v) is 17.7. The summed E-state index contributed by atoms with van der Waals surface area (Å²) < 4.78 is 5.93. The molecule has 0 spiro atoms. The smallest absolute Gasteiger partial charge is 0.284 e. The highest BCUT2D eigenvalue weighted by Gasteiger charge is 2.11. The van der Waals surface area contributed by atoms with Crippen molar-refractivity contribution < 1.29 is 4.42 Å². The first-order valence-corrected chi connectivity index (χ1v) is 10.3. The second kappa shape index (κ2) is 8.07. The zero-order chi connectivity index (χ0) is 22.1. The summed E-state index contributed by atoms with van der Waals surface area (Å²) in [6, 6.07) is 19.2. The topological polar surface area (TPSA) is 73.8 Å². The number of hydrogen-bond donors (Lipinski definition) is 0. The van der Waals surface area contributed by atoms with Gasteiger partial charge in [-0.25, -0.2) is 0 Å². The van der Waals surface area contributed by atoms with Crippen molar-refractivity contribution in [1.82, 2.24) is 20.0 Å². The number of benzene rings is 3. The molecule has 0 aliphatic carbocycles. The molecule has 0 radical (unpaired) electrons. The van der Waals surface area contributed by atoms with Gasteiger partial charge in [0.15, 0.2) is 0 Å². The lowest BCUT2D eigenvalue weighted by atomic mass is 10.1. The summed E-state index contributed by atoms with van der Waals surface area (Å²) in [6.07, 6.45) is 7.43. The average molecular weight is 420 g/mol. The summed E-state index contributed by atoms with van der Waals surface area (Å²) in [5.74, 6) is 0.276. The molecule has 0 N–H and O–H groups in total. The Morgan fingerprint density at radius 1 is 0.938 bits per heavy atom. The van der Waals surface area contributed by atoms with Crippen LogP contribution in [0, 0.1) is 0 Å². The van der Waals surface area contributed by atoms with Crippen molar-refractivity contribution in [3.8, 4) is 0 Å². The van der Waals surface area contributed by atoms with Crippen molar-refractivity contribution in [2.45, 2.75) is 13.8 Å². The summed E-state index contributed by atoms with van der Waals surface area (Å²) >= 11 is 0. The Bertz CT molecular complexity index is 1620. The standard InChI is InChI=1S/C26H20N4O2/c1-3-8-19(26-27-25(31)21-11-6-7-12-23(21)32-26)17(2)15-16-30-28-22-14-13-18-9-4-5-10-20(18)24(22)29-30/h3-16H,1-2H3/b8-3-,16-15+,19-17+. The summed E-state index contributed by atoms with van der Waals surface area (Å²) in [7, 11) is 0. The molecule has 6 heteroatoms. The molecule has 0 aliphatic rings. The predicted octanol–water partition coefficient (Wildman–Crippen LogP) is 5.61. The minimum atomic E-state index is -0.312. The maximum absolute atomic E-state index is 12.5. The first-order valence-electron chi connectivity index (χ1n) is 10.3. The monoisotopic (exact) mass is 420 g/mol. The fourth-order valence-corrected chi connectivity index (χ4v) is 3.66. The molecule has 6 nitrogen and oxygen atoms in total. The molecule has 0 aliphatic heterocycles. The molecule has 156 valence electrons. The quantitative estimate of drug-likeness (QED) is 0.354. The third-order valence-electron chi connectivity index (χ3n) is 5.27. The van der Waals surface area contributed by atoms with Gasteiger partial charge in [-0.1, -0.05) is 54.6 Å². The third-order valence-corrected chi connectivity index (χ3v) is 5.27. The van der Waals surface area contributed by atoms with Crippen molar-refractivity contribution in [2.75, 3.05) is 0 Å². The van der Waals surface area contributed by atoms with Gasteiger partial charge in [-0.05, 0) is 49.1 Å². The highest BCUT2D eigenvalue weighted by Crippen LogP contribution is 2.24. The van der Waals surface area contributed by atoms with Gasteiger partial charge in [0, 0.05) is 17.2 Å². The Kier molecular flexibility index (Phi) is 4.95. The Balaban J connectivity index is 1.57. The van der Waals surface area contributed by atoms with Crippen LogP contribution in [0.1, 0.15) is 19.7 Å². The van der Waals surface area contributed by atoms with Crippen molar-refractivity contribution in [3.63, 3.8) is 0 Å². The van der Waals surface area contributed by atoms with Gasteiger partial charge in [-0.2, -0.15) is 9.78 Å². The number of allylic oxidation sites excluding steroid dienone is 5. The van der Waals surface area contributed by atoms with E-state index in [1.54, 1.807) is 29.2 Å². The Morgan fingerprint density at radius 2 is 1.72 bits per heavy atom. The van der Waals surface area contributed by atoms with E-state index in [0.29, 0.717) is 16.5 Å². The van der Waals surface area contributed by atoms with Gasteiger partial charge in [0.25, 0.3) is 5.56 Å². The number of hydrogen-bond acceptors (Lipinski definition) is 5. The molecule has 0 bridgehead atoms. The molecule has 5 aromatic rings. The van der Waals surface area contributed by atoms with E-state index in [1.165, 1.54) is 0 Å². The van der Waals surface area contributed by atoms with Gasteiger partial charge in [0.2, 0.25) is 5.89 Å². The van der Waals surface area contributed by atoms with Gasteiger partial charge in [0.05, 0.1) is 5.39 Å². The Hall–Kier alpha value is -4.32. The molecular formula is C26H20N4O2. The van der Waals surface area contributed by atoms with Crippen LogP contribution in [0.15, 0.2) is 93.7 Å². The minimum absolute atomic E-state index is 0.276. The first kappa shape index (κ1) is 19.6. The molecule has 32 heavy (non-hydrogen) atoms. The molecule has 0 saturated heterocycles. The van der Waals surface area contributed by atoms with E-state index in [2.05, 4.69) is 21.2 Å². The number of rotatable bonds is 4. The van der Waals surface area contributed by atoms with E-state index in [0.717, 1.165) is 27.4 Å². The fraction of sp³-hybridized carbons (Fsp3) is 0.0769. The first-order chi connectivity index (χ1) is 15.6. The van der Waals surface area contributed by atoms with Crippen LogP contribution >= 0.6 is 0 Å². The van der Waals surface area contributed by atoms with E-state index < -0.39 is 0 Å². The van der Waals surface area contributed by atoms with Gasteiger partial charge in [0.1, 0.15) is 16.6 Å². The lowest BCUT2D eigenvalue weighted by Crippen LogP contribution is -2.09. The maximum Gasteiger partial charge on any atom is 0.284 e. The van der Waals surface area contributed by atoms with Crippen LogP contribution < -0.4 is 5.56 Å². The normalized spacial score (nSPS) is 13.1. The van der Waals surface area contributed by atoms with Crippen LogP contribution in [0.3, 0.4) is 0 Å². The molecule has 2 heterocycles. The molecule has 0 saturated carbocycles. The third kappa shape index (κ3) is 3.52. The summed E-state index contributed by atoms with van der Waals surface area (Å²) in [5.41, 5.74) is 3.45. The van der Waals surface area contributed by atoms with Crippen LogP contribution in [-0.2, 0) is 0 Å². The maximum atomic E-state index is 12.5. The SMILES string of the molecule is C\C=C/C(=C(C)\C=C\n1nc2ccc3ccccc3c2n1)c1nc(=O)c2ccccc2o1. The van der Waals surface area contributed by atoms with Crippen molar-refractivity contribution in [2.24, 2.45) is 0 Å². The van der Waals surface area contributed by atoms with Crippen LogP contribution in [0.25, 0.3) is 44.5 Å². The molecule has 2 aromatic heterocycles. The van der Waals surface area contributed by atoms with E-state index >= 15 is 0 Å². The molecule has 0 amide bonds. The minimum Gasteiger partial charge on any atom is -0.437 e. The molecule has 0 atom stereocenters. The van der Waals surface area contributed by atoms with Crippen molar-refractivity contribution in [3.05, 3.63) is 101 Å². The lowest BCUT2D eigenvalue weighted by molar-refractivity contribution is 0.559. The average Bonchev–Trinajstić information content (AvgIpc) is 3.25. The Morgan fingerprint density at radius 3 is 2.56 bits per heavy atom. The molecule has 0 fully saturated rings. The molecule has 3 aromatic carbocycles. The number of fused-ring (bicyclic) bond motifs is 4. The van der Waals surface area contributed by atoms with E-state index in [-0.39, 0.29) is 11.4 Å². The second-order valence-corrected chi connectivity index (χ2v) is 7.41. The highest BCUT2D eigenvalue weighted by atomic mass is 16.3. The fourth-order valence-electron chi connectivity index (χ4n) is 3.66. The van der Waals surface area contributed by atoms with E-state index in [4.69, 9.17) is 4.42 Å². The second-order valence-electron chi connectivity index (χ2n) is 7.41. The van der Waals surface area contributed by atoms with Crippen LogP contribution in [-0.4, -0.2) is 20.0 Å². The zero-order valence-electron chi connectivity index (χ0n) is 17.7. The number of aromatic nitrogens is 4. The van der Waals surface area contributed by atoms with Crippen LogP contribution in [0.4, 0.5) is 0 Å². The summed E-state index contributed by atoms with van der Waals surface area (Å²) in [6.45, 7) is 3.84. The van der Waals surface area contributed by atoms with Crippen LogP contribution in [0.2, 0.25) is 0 Å². The number of nitrogens with zero attached hydrogens (tertiary/aromatic N) is 4. The van der Waals surface area contributed by atoms with E-state index in [9.17, 15) is 4.79 Å². The number of para-hydroxylation sites is 1. The summed E-state index contributed by atoms with van der Waals surface area (Å²) in [5, 5.41) is 11.8. The highest BCUT2D eigenvalue weighted by molar-refractivity contribution is 6.03. The molecule has 0 unspecified atom stereocenters. The van der Waals surface area contributed by atoms with E-state index in [1.807, 2.05) is 68.5 Å².